The highest BCUT2D eigenvalue weighted by molar-refractivity contribution is 7.13. The normalized spacial score (nSPS) is 11.6. The Bertz CT molecular complexity index is 722. The molecule has 0 bridgehead atoms. The van der Waals surface area contributed by atoms with Gasteiger partial charge in [0.2, 0.25) is 0 Å². The molecule has 9 heteroatoms. The van der Waals surface area contributed by atoms with Crippen LogP contribution in [-0.2, 0) is 0 Å². The topological polar surface area (TPSA) is 63.7 Å². The zero-order valence-electron chi connectivity index (χ0n) is 10.3. The third-order valence-corrected chi connectivity index (χ3v) is 3.35. The van der Waals surface area contributed by atoms with Crippen LogP contribution in [0.4, 0.5) is 13.2 Å². The maximum atomic E-state index is 12.1. The molecule has 2 aromatic heterocycles. The van der Waals surface area contributed by atoms with E-state index in [0.29, 0.717) is 22.1 Å². The molecule has 0 radical (unpaired) electrons. The first-order valence-electron chi connectivity index (χ1n) is 5.69. The molecule has 0 unspecified atom stereocenters. The Labute approximate surface area is 120 Å². The number of nitrogens with one attached hydrogen (secondary N) is 1. The quantitative estimate of drug-likeness (QED) is 0.804. The molecule has 0 atom stereocenters. The molecular formula is C12H7F3N4OS. The molecule has 108 valence electrons. The van der Waals surface area contributed by atoms with Crippen molar-refractivity contribution in [1.82, 2.24) is 20.2 Å². The van der Waals surface area contributed by atoms with Crippen molar-refractivity contribution in [3.05, 3.63) is 36.0 Å². The van der Waals surface area contributed by atoms with Crippen molar-refractivity contribution in [2.75, 3.05) is 0 Å². The van der Waals surface area contributed by atoms with E-state index in [1.807, 2.05) is 0 Å². The molecule has 3 rings (SSSR count). The molecule has 0 saturated heterocycles. The van der Waals surface area contributed by atoms with Crippen molar-refractivity contribution in [1.29, 1.82) is 0 Å². The minimum atomic E-state index is -4.69. The molecule has 1 N–H and O–H groups in total. The number of halogens is 3. The first kappa shape index (κ1) is 13.6. The SMILES string of the molecule is FC(F)(F)Oc1ccc(-c2csc(-c3ncn[nH]3)n2)cc1. The highest BCUT2D eigenvalue weighted by atomic mass is 32.1. The second-order valence-corrected chi connectivity index (χ2v) is 4.80. The molecule has 0 aliphatic rings. The fourth-order valence-corrected chi connectivity index (χ4v) is 2.42. The number of benzene rings is 1. The molecule has 21 heavy (non-hydrogen) atoms. The molecule has 0 aliphatic heterocycles. The van der Waals surface area contributed by atoms with Gasteiger partial charge in [0.05, 0.1) is 5.69 Å². The van der Waals surface area contributed by atoms with Crippen molar-refractivity contribution < 1.29 is 17.9 Å². The summed E-state index contributed by atoms with van der Waals surface area (Å²) in [4.78, 5) is 8.33. The summed E-state index contributed by atoms with van der Waals surface area (Å²) in [5.74, 6) is 0.278. The molecular weight excluding hydrogens is 305 g/mol. The minimum Gasteiger partial charge on any atom is -0.406 e. The van der Waals surface area contributed by atoms with Crippen molar-refractivity contribution in [3.8, 4) is 27.8 Å². The van der Waals surface area contributed by atoms with Gasteiger partial charge in [-0.3, -0.25) is 5.10 Å². The summed E-state index contributed by atoms with van der Waals surface area (Å²) in [5.41, 5.74) is 1.33. The van der Waals surface area contributed by atoms with E-state index >= 15 is 0 Å². The van der Waals surface area contributed by atoms with E-state index in [-0.39, 0.29) is 5.75 Å². The number of aromatic nitrogens is 4. The molecule has 5 nitrogen and oxygen atoms in total. The zero-order valence-corrected chi connectivity index (χ0v) is 11.1. The Morgan fingerprint density at radius 2 is 1.90 bits per heavy atom. The number of thiazole rings is 1. The predicted molar refractivity (Wildman–Crippen MR) is 69.6 cm³/mol. The van der Waals surface area contributed by atoms with Crippen LogP contribution in [0, 0.1) is 0 Å². The van der Waals surface area contributed by atoms with Gasteiger partial charge >= 0.3 is 6.36 Å². The van der Waals surface area contributed by atoms with Gasteiger partial charge in [0.15, 0.2) is 10.8 Å². The van der Waals surface area contributed by atoms with Gasteiger partial charge in [-0.2, -0.15) is 5.10 Å². The van der Waals surface area contributed by atoms with Gasteiger partial charge in [-0.15, -0.1) is 24.5 Å². The maximum absolute atomic E-state index is 12.1. The lowest BCUT2D eigenvalue weighted by Gasteiger charge is -2.08. The first-order chi connectivity index (χ1) is 10.0. The first-order valence-corrected chi connectivity index (χ1v) is 6.57. The maximum Gasteiger partial charge on any atom is 0.573 e. The lowest BCUT2D eigenvalue weighted by Crippen LogP contribution is -2.16. The van der Waals surface area contributed by atoms with Gasteiger partial charge in [0.25, 0.3) is 0 Å². The fourth-order valence-electron chi connectivity index (χ4n) is 1.65. The Balaban J connectivity index is 1.81. The lowest BCUT2D eigenvalue weighted by molar-refractivity contribution is -0.274. The number of aromatic amines is 1. The summed E-state index contributed by atoms with van der Waals surface area (Å²) in [6, 6.07) is 5.52. The van der Waals surface area contributed by atoms with E-state index in [9.17, 15) is 13.2 Å². The van der Waals surface area contributed by atoms with E-state index in [1.165, 1.54) is 41.9 Å². The molecule has 3 aromatic rings. The standard InChI is InChI=1S/C12H7F3N4OS/c13-12(14,15)20-8-3-1-7(2-4-8)9-5-21-11(18-9)10-16-6-17-19-10/h1-6H,(H,16,17,19). The number of hydrogen-bond acceptors (Lipinski definition) is 5. The van der Waals surface area contributed by atoms with Crippen LogP contribution >= 0.6 is 11.3 Å². The summed E-state index contributed by atoms with van der Waals surface area (Å²) >= 11 is 1.36. The number of hydrogen-bond donors (Lipinski definition) is 1. The van der Waals surface area contributed by atoms with E-state index < -0.39 is 6.36 Å². The van der Waals surface area contributed by atoms with Crippen LogP contribution in [0.5, 0.6) is 5.75 Å². The highest BCUT2D eigenvalue weighted by Crippen LogP contribution is 2.29. The molecule has 2 heterocycles. The van der Waals surface area contributed by atoms with Crippen molar-refractivity contribution >= 4 is 11.3 Å². The number of H-pyrrole nitrogens is 1. The van der Waals surface area contributed by atoms with E-state index in [2.05, 4.69) is 24.9 Å². The Morgan fingerprint density at radius 1 is 1.14 bits per heavy atom. The van der Waals surface area contributed by atoms with Crippen molar-refractivity contribution in [2.45, 2.75) is 6.36 Å². The summed E-state index contributed by atoms with van der Waals surface area (Å²) in [5, 5.41) is 8.87. The second kappa shape index (κ2) is 5.17. The average Bonchev–Trinajstić information content (AvgIpc) is 3.09. The van der Waals surface area contributed by atoms with Crippen molar-refractivity contribution in [2.24, 2.45) is 0 Å². The number of ether oxygens (including phenoxy) is 1. The molecule has 0 aliphatic carbocycles. The molecule has 0 amide bonds. The molecule has 1 aromatic carbocycles. The van der Waals surface area contributed by atoms with E-state index in [1.54, 1.807) is 5.38 Å². The lowest BCUT2D eigenvalue weighted by atomic mass is 10.2. The highest BCUT2D eigenvalue weighted by Gasteiger charge is 2.30. The Kier molecular flexibility index (Phi) is 3.34. The average molecular weight is 312 g/mol. The summed E-state index contributed by atoms with van der Waals surface area (Å²) in [7, 11) is 0. The predicted octanol–water partition coefficient (Wildman–Crippen LogP) is 3.49. The monoisotopic (exact) mass is 312 g/mol. The number of nitrogens with zero attached hydrogens (tertiary/aromatic N) is 3. The summed E-state index contributed by atoms with van der Waals surface area (Å²) in [6.07, 6.45) is -3.32. The van der Waals surface area contributed by atoms with E-state index in [4.69, 9.17) is 0 Å². The van der Waals surface area contributed by atoms with Gasteiger partial charge in [-0.25, -0.2) is 9.97 Å². The molecule has 0 saturated carbocycles. The van der Waals surface area contributed by atoms with Crippen LogP contribution in [0.25, 0.3) is 22.1 Å². The van der Waals surface area contributed by atoms with Gasteiger partial charge in [0, 0.05) is 10.9 Å². The van der Waals surface area contributed by atoms with Crippen LogP contribution in [0.3, 0.4) is 0 Å². The van der Waals surface area contributed by atoms with Gasteiger partial charge < -0.3 is 4.74 Å². The third-order valence-electron chi connectivity index (χ3n) is 2.51. The smallest absolute Gasteiger partial charge is 0.406 e. The molecule has 0 spiro atoms. The Morgan fingerprint density at radius 3 is 2.52 bits per heavy atom. The minimum absolute atomic E-state index is 0.267. The zero-order chi connectivity index (χ0) is 14.9. The van der Waals surface area contributed by atoms with Crippen LogP contribution in [0.15, 0.2) is 36.0 Å². The van der Waals surface area contributed by atoms with Crippen LogP contribution in [0.1, 0.15) is 0 Å². The number of alkyl halides is 3. The summed E-state index contributed by atoms with van der Waals surface area (Å²) < 4.78 is 40.0. The van der Waals surface area contributed by atoms with Gasteiger partial charge in [-0.1, -0.05) is 0 Å². The fraction of sp³-hybridized carbons (Fsp3) is 0.0833. The van der Waals surface area contributed by atoms with Crippen LogP contribution < -0.4 is 4.74 Å². The van der Waals surface area contributed by atoms with Crippen LogP contribution in [0.2, 0.25) is 0 Å². The summed E-state index contributed by atoms with van der Waals surface area (Å²) in [6.45, 7) is 0. The Hall–Kier alpha value is -2.42. The van der Waals surface area contributed by atoms with Gasteiger partial charge in [-0.05, 0) is 24.3 Å². The largest absolute Gasteiger partial charge is 0.573 e. The van der Waals surface area contributed by atoms with E-state index in [0.717, 1.165) is 0 Å². The second-order valence-electron chi connectivity index (χ2n) is 3.94. The van der Waals surface area contributed by atoms with Crippen LogP contribution in [-0.4, -0.2) is 26.5 Å². The van der Waals surface area contributed by atoms with Gasteiger partial charge in [0.1, 0.15) is 12.1 Å². The number of rotatable bonds is 3. The third kappa shape index (κ3) is 3.19. The van der Waals surface area contributed by atoms with Crippen molar-refractivity contribution in [3.63, 3.8) is 0 Å². The molecule has 0 fully saturated rings.